The molecule has 3 aromatic rings. The lowest BCUT2D eigenvalue weighted by atomic mass is 10.1. The molecule has 0 fully saturated rings. The van der Waals surface area contributed by atoms with E-state index in [1.54, 1.807) is 24.3 Å². The Bertz CT molecular complexity index is 942. The number of aromatic nitrogens is 1. The number of esters is 1. The summed E-state index contributed by atoms with van der Waals surface area (Å²) in [6, 6.07) is 13.5. The van der Waals surface area contributed by atoms with Gasteiger partial charge in [-0.3, -0.25) is 4.79 Å². The van der Waals surface area contributed by atoms with Crippen molar-refractivity contribution < 1.29 is 18.7 Å². The first-order valence-corrected chi connectivity index (χ1v) is 7.43. The summed E-state index contributed by atoms with van der Waals surface area (Å²) in [4.78, 5) is 28.4. The molecule has 0 radical (unpaired) electrons. The second-order valence-electron chi connectivity index (χ2n) is 5.02. The molecule has 3 rings (SSSR count). The van der Waals surface area contributed by atoms with E-state index in [1.807, 2.05) is 0 Å². The number of fused-ring (bicyclic) bond motifs is 1. The summed E-state index contributed by atoms with van der Waals surface area (Å²) in [5.74, 6) is -1.72. The Labute approximate surface area is 141 Å². The number of hydrogen-bond donors (Lipinski definition) is 0. The predicted molar refractivity (Wildman–Crippen MR) is 87.8 cm³/mol. The highest BCUT2D eigenvalue weighted by Gasteiger charge is 2.16. The van der Waals surface area contributed by atoms with Crippen molar-refractivity contribution in [3.8, 4) is 0 Å². The average Bonchev–Trinajstić information content (AvgIpc) is 2.58. The molecular formula is C18H11ClFNO3. The van der Waals surface area contributed by atoms with Crippen LogP contribution in [0.5, 0.6) is 0 Å². The third kappa shape index (κ3) is 3.41. The predicted octanol–water partition coefficient (Wildman–Crippen LogP) is 4.07. The summed E-state index contributed by atoms with van der Waals surface area (Å²) in [7, 11) is 0. The highest BCUT2D eigenvalue weighted by atomic mass is 35.5. The highest BCUT2D eigenvalue weighted by molar-refractivity contribution is 6.30. The van der Waals surface area contributed by atoms with Gasteiger partial charge >= 0.3 is 5.97 Å². The maximum atomic E-state index is 13.1. The van der Waals surface area contributed by atoms with E-state index in [9.17, 15) is 14.0 Å². The van der Waals surface area contributed by atoms with Gasteiger partial charge in [0.15, 0.2) is 12.4 Å². The van der Waals surface area contributed by atoms with E-state index < -0.39 is 24.2 Å². The van der Waals surface area contributed by atoms with Crippen LogP contribution in [0, 0.1) is 5.82 Å². The van der Waals surface area contributed by atoms with Crippen molar-refractivity contribution in [3.05, 3.63) is 76.7 Å². The lowest BCUT2D eigenvalue weighted by Crippen LogP contribution is -2.15. The van der Waals surface area contributed by atoms with Gasteiger partial charge < -0.3 is 4.74 Å². The molecule has 1 aromatic heterocycles. The summed E-state index contributed by atoms with van der Waals surface area (Å²) in [6.45, 7) is -0.490. The second-order valence-corrected chi connectivity index (χ2v) is 5.41. The summed E-state index contributed by atoms with van der Waals surface area (Å²) in [6.07, 6.45) is 0. The van der Waals surface area contributed by atoms with Gasteiger partial charge in [0.05, 0.1) is 11.1 Å². The van der Waals surface area contributed by atoms with Crippen LogP contribution in [0.25, 0.3) is 10.9 Å². The van der Waals surface area contributed by atoms with Crippen molar-refractivity contribution >= 4 is 34.3 Å². The Morgan fingerprint density at radius 2 is 1.88 bits per heavy atom. The van der Waals surface area contributed by atoms with Crippen LogP contribution >= 0.6 is 11.6 Å². The number of ether oxygens (including phenoxy) is 1. The van der Waals surface area contributed by atoms with Crippen LogP contribution in [-0.4, -0.2) is 23.3 Å². The molecule has 0 aliphatic carbocycles. The zero-order valence-corrected chi connectivity index (χ0v) is 13.1. The zero-order valence-electron chi connectivity index (χ0n) is 12.3. The molecule has 1 heterocycles. The van der Waals surface area contributed by atoms with Crippen molar-refractivity contribution in [3.63, 3.8) is 0 Å². The molecule has 0 unspecified atom stereocenters. The molecule has 0 spiro atoms. The van der Waals surface area contributed by atoms with Crippen LogP contribution in [-0.2, 0) is 4.74 Å². The van der Waals surface area contributed by atoms with Crippen LogP contribution in [0.15, 0.2) is 54.6 Å². The van der Waals surface area contributed by atoms with Crippen LogP contribution in [0.4, 0.5) is 4.39 Å². The molecule has 0 amide bonds. The first-order valence-electron chi connectivity index (χ1n) is 7.06. The molecule has 0 saturated heterocycles. The lowest BCUT2D eigenvalue weighted by molar-refractivity contribution is 0.0476. The third-order valence-electron chi connectivity index (χ3n) is 3.39. The molecule has 2 aromatic carbocycles. The van der Waals surface area contributed by atoms with E-state index in [0.29, 0.717) is 10.9 Å². The molecule has 120 valence electrons. The SMILES string of the molecule is O=C(COC(=O)c1cc(Cl)nc2ccccc12)c1cccc(F)c1. The number of ketones is 1. The zero-order chi connectivity index (χ0) is 17.1. The quantitative estimate of drug-likeness (QED) is 0.407. The van der Waals surface area contributed by atoms with Crippen molar-refractivity contribution in [2.45, 2.75) is 0 Å². The van der Waals surface area contributed by atoms with Gasteiger partial charge in [-0.25, -0.2) is 14.2 Å². The Balaban J connectivity index is 1.80. The second kappa shape index (κ2) is 6.76. The third-order valence-corrected chi connectivity index (χ3v) is 3.58. The molecule has 4 nitrogen and oxygen atoms in total. The number of rotatable bonds is 4. The van der Waals surface area contributed by atoms with Crippen molar-refractivity contribution in [1.29, 1.82) is 0 Å². The minimum Gasteiger partial charge on any atom is -0.454 e. The number of Topliss-reactive ketones (excluding diaryl/α,β-unsaturated/α-hetero) is 1. The summed E-state index contributed by atoms with van der Waals surface area (Å²) in [5, 5.41) is 0.724. The minimum absolute atomic E-state index is 0.139. The van der Waals surface area contributed by atoms with E-state index in [0.717, 1.165) is 6.07 Å². The fourth-order valence-electron chi connectivity index (χ4n) is 2.27. The van der Waals surface area contributed by atoms with Gasteiger partial charge in [0.1, 0.15) is 11.0 Å². The lowest BCUT2D eigenvalue weighted by Gasteiger charge is -2.07. The summed E-state index contributed by atoms with van der Waals surface area (Å²) < 4.78 is 18.2. The molecule has 0 saturated carbocycles. The maximum Gasteiger partial charge on any atom is 0.339 e. The molecule has 24 heavy (non-hydrogen) atoms. The van der Waals surface area contributed by atoms with Crippen LogP contribution in [0.3, 0.4) is 0 Å². The Morgan fingerprint density at radius 1 is 1.08 bits per heavy atom. The van der Waals surface area contributed by atoms with Gasteiger partial charge in [0.25, 0.3) is 0 Å². The number of benzene rings is 2. The fraction of sp³-hybridized carbons (Fsp3) is 0.0556. The number of hydrogen-bond acceptors (Lipinski definition) is 4. The van der Waals surface area contributed by atoms with Crippen molar-refractivity contribution in [1.82, 2.24) is 4.98 Å². The molecule has 6 heteroatoms. The number of nitrogens with zero attached hydrogens (tertiary/aromatic N) is 1. The van der Waals surface area contributed by atoms with Crippen LogP contribution in [0.1, 0.15) is 20.7 Å². The number of para-hydroxylation sites is 1. The van der Waals surface area contributed by atoms with E-state index in [4.69, 9.17) is 16.3 Å². The van der Waals surface area contributed by atoms with Gasteiger partial charge in [0.2, 0.25) is 0 Å². The van der Waals surface area contributed by atoms with Gasteiger partial charge in [0, 0.05) is 10.9 Å². The van der Waals surface area contributed by atoms with E-state index in [-0.39, 0.29) is 16.3 Å². The fourth-order valence-corrected chi connectivity index (χ4v) is 2.47. The normalized spacial score (nSPS) is 10.6. The van der Waals surface area contributed by atoms with Crippen LogP contribution < -0.4 is 0 Å². The van der Waals surface area contributed by atoms with Crippen molar-refractivity contribution in [2.75, 3.05) is 6.61 Å². The van der Waals surface area contributed by atoms with E-state index in [1.165, 1.54) is 24.3 Å². The Morgan fingerprint density at radius 3 is 2.67 bits per heavy atom. The molecule has 0 bridgehead atoms. The number of carbonyl (C=O) groups excluding carboxylic acids is 2. The Kier molecular flexibility index (Phi) is 4.53. The molecule has 0 N–H and O–H groups in total. The summed E-state index contributed by atoms with van der Waals surface area (Å²) in [5.41, 5.74) is 0.909. The van der Waals surface area contributed by atoms with Gasteiger partial charge in [-0.1, -0.05) is 41.9 Å². The first-order chi connectivity index (χ1) is 11.5. The average molecular weight is 344 g/mol. The molecule has 0 aliphatic heterocycles. The van der Waals surface area contributed by atoms with Crippen molar-refractivity contribution in [2.24, 2.45) is 0 Å². The van der Waals surface area contributed by atoms with Gasteiger partial charge in [-0.05, 0) is 24.3 Å². The van der Waals surface area contributed by atoms with E-state index in [2.05, 4.69) is 4.98 Å². The maximum absolute atomic E-state index is 13.1. The molecular weight excluding hydrogens is 333 g/mol. The highest BCUT2D eigenvalue weighted by Crippen LogP contribution is 2.21. The van der Waals surface area contributed by atoms with Gasteiger partial charge in [-0.15, -0.1) is 0 Å². The standard InChI is InChI=1S/C18H11ClFNO3/c19-17-9-14(13-6-1-2-7-15(13)21-17)18(23)24-10-16(22)11-4-3-5-12(20)8-11/h1-9H,10H2. The first kappa shape index (κ1) is 16.1. The van der Waals surface area contributed by atoms with E-state index >= 15 is 0 Å². The minimum atomic E-state index is -0.694. The topological polar surface area (TPSA) is 56.3 Å². The number of pyridine rings is 1. The monoisotopic (exact) mass is 343 g/mol. The number of halogens is 2. The smallest absolute Gasteiger partial charge is 0.339 e. The number of carbonyl (C=O) groups is 2. The largest absolute Gasteiger partial charge is 0.454 e. The summed E-state index contributed by atoms with van der Waals surface area (Å²) >= 11 is 5.92. The van der Waals surface area contributed by atoms with Gasteiger partial charge in [-0.2, -0.15) is 0 Å². The molecule has 0 atom stereocenters. The van der Waals surface area contributed by atoms with Crippen LogP contribution in [0.2, 0.25) is 5.15 Å². The Hall–Kier alpha value is -2.79. The molecule has 0 aliphatic rings.